The highest BCUT2D eigenvalue weighted by molar-refractivity contribution is 7.98. The largest absolute Gasteiger partial charge is 0.302 e. The summed E-state index contributed by atoms with van der Waals surface area (Å²) < 4.78 is 0. The summed E-state index contributed by atoms with van der Waals surface area (Å²) in [5, 5.41) is 1.15. The minimum Gasteiger partial charge on any atom is -0.302 e. The van der Waals surface area contributed by atoms with Crippen LogP contribution in [0.15, 0.2) is 5.03 Å². The van der Waals surface area contributed by atoms with E-state index in [0.29, 0.717) is 0 Å². The summed E-state index contributed by atoms with van der Waals surface area (Å²) in [6.07, 6.45) is 3.14. The van der Waals surface area contributed by atoms with E-state index in [1.165, 1.54) is 11.3 Å². The maximum Gasteiger partial charge on any atom is 0.126 e. The molecule has 0 radical (unpaired) electrons. The summed E-state index contributed by atoms with van der Waals surface area (Å²) in [4.78, 5) is 11.3. The van der Waals surface area contributed by atoms with Gasteiger partial charge < -0.3 is 4.90 Å². The van der Waals surface area contributed by atoms with Gasteiger partial charge in [-0.3, -0.25) is 0 Å². The zero-order chi connectivity index (χ0) is 10.1. The van der Waals surface area contributed by atoms with Crippen LogP contribution in [0.2, 0.25) is 0 Å². The molecule has 2 rings (SSSR count). The zero-order valence-electron chi connectivity index (χ0n) is 8.87. The van der Waals surface area contributed by atoms with Gasteiger partial charge in [0.15, 0.2) is 0 Å². The lowest BCUT2D eigenvalue weighted by Crippen LogP contribution is -2.28. The summed E-state index contributed by atoms with van der Waals surface area (Å²) in [5.74, 6) is 0.901. The number of fused-ring (bicyclic) bond motifs is 1. The highest BCUT2D eigenvalue weighted by atomic mass is 32.2. The third-order valence-corrected chi connectivity index (χ3v) is 3.24. The van der Waals surface area contributed by atoms with Gasteiger partial charge in [-0.05, 0) is 20.2 Å². The van der Waals surface area contributed by atoms with Crippen LogP contribution in [0.1, 0.15) is 17.1 Å². The van der Waals surface area contributed by atoms with E-state index in [1.54, 1.807) is 11.8 Å². The molecular formula is C10H15N3S. The summed E-state index contributed by atoms with van der Waals surface area (Å²) in [5.41, 5.74) is 2.58. The second-order valence-electron chi connectivity index (χ2n) is 3.69. The lowest BCUT2D eigenvalue weighted by molar-refractivity contribution is 0.304. The van der Waals surface area contributed by atoms with E-state index in [9.17, 15) is 0 Å². The van der Waals surface area contributed by atoms with Crippen molar-refractivity contribution in [1.29, 1.82) is 0 Å². The predicted octanol–water partition coefficient (Wildman–Crippen LogP) is 1.49. The highest BCUT2D eigenvalue weighted by Gasteiger charge is 2.18. The van der Waals surface area contributed by atoms with Crippen LogP contribution in [0.5, 0.6) is 0 Å². The lowest BCUT2D eigenvalue weighted by atomic mass is 10.1. The Kier molecular flexibility index (Phi) is 2.74. The fraction of sp³-hybridized carbons (Fsp3) is 0.600. The zero-order valence-corrected chi connectivity index (χ0v) is 9.69. The Morgan fingerprint density at radius 1 is 1.36 bits per heavy atom. The van der Waals surface area contributed by atoms with Crippen LogP contribution in [-0.2, 0) is 13.0 Å². The van der Waals surface area contributed by atoms with Gasteiger partial charge in [0.25, 0.3) is 0 Å². The van der Waals surface area contributed by atoms with Crippen LogP contribution in [0.25, 0.3) is 0 Å². The first-order valence-corrected chi connectivity index (χ1v) is 6.02. The third-order valence-electron chi connectivity index (χ3n) is 2.52. The van der Waals surface area contributed by atoms with Crippen molar-refractivity contribution in [2.24, 2.45) is 0 Å². The number of rotatable bonds is 1. The molecule has 0 saturated carbocycles. The Hall–Kier alpha value is -0.610. The topological polar surface area (TPSA) is 29.0 Å². The Morgan fingerprint density at radius 3 is 2.86 bits per heavy atom. The number of aryl methyl sites for hydroxylation is 1. The van der Waals surface area contributed by atoms with Gasteiger partial charge in [-0.1, -0.05) is 0 Å². The molecule has 3 nitrogen and oxygen atoms in total. The number of hydrogen-bond acceptors (Lipinski definition) is 4. The Balaban J connectivity index is 2.47. The molecule has 0 bridgehead atoms. The van der Waals surface area contributed by atoms with Gasteiger partial charge in [0.05, 0.1) is 5.69 Å². The van der Waals surface area contributed by atoms with Crippen molar-refractivity contribution >= 4 is 11.8 Å². The minimum absolute atomic E-state index is 0.901. The fourth-order valence-corrected chi connectivity index (χ4v) is 2.46. The molecule has 1 aromatic rings. The van der Waals surface area contributed by atoms with Crippen molar-refractivity contribution in [3.05, 3.63) is 17.1 Å². The smallest absolute Gasteiger partial charge is 0.126 e. The molecule has 0 N–H and O–H groups in total. The van der Waals surface area contributed by atoms with Crippen LogP contribution >= 0.6 is 11.8 Å². The molecule has 0 atom stereocenters. The summed E-state index contributed by atoms with van der Waals surface area (Å²) in [6.45, 7) is 4.07. The molecule has 0 spiro atoms. The van der Waals surface area contributed by atoms with E-state index < -0.39 is 0 Å². The van der Waals surface area contributed by atoms with E-state index in [4.69, 9.17) is 0 Å². The van der Waals surface area contributed by atoms with Gasteiger partial charge in [0.1, 0.15) is 10.9 Å². The minimum atomic E-state index is 0.901. The average molecular weight is 209 g/mol. The molecule has 76 valence electrons. The Labute approximate surface area is 88.9 Å². The van der Waals surface area contributed by atoms with Crippen LogP contribution in [0, 0.1) is 6.92 Å². The summed E-state index contributed by atoms with van der Waals surface area (Å²) in [7, 11) is 2.15. The van der Waals surface area contributed by atoms with Gasteiger partial charge in [-0.15, -0.1) is 11.8 Å². The first-order valence-electron chi connectivity index (χ1n) is 4.79. The van der Waals surface area contributed by atoms with Gasteiger partial charge in [0.2, 0.25) is 0 Å². The first kappa shape index (κ1) is 9.93. The van der Waals surface area contributed by atoms with Crippen LogP contribution in [0.3, 0.4) is 0 Å². The molecule has 14 heavy (non-hydrogen) atoms. The molecule has 0 amide bonds. The molecule has 0 unspecified atom stereocenters. The van der Waals surface area contributed by atoms with Gasteiger partial charge in [-0.2, -0.15) is 0 Å². The summed E-state index contributed by atoms with van der Waals surface area (Å²) >= 11 is 1.72. The highest BCUT2D eigenvalue weighted by Crippen LogP contribution is 2.25. The van der Waals surface area contributed by atoms with Crippen molar-refractivity contribution in [2.75, 3.05) is 19.8 Å². The number of aromatic nitrogens is 2. The van der Waals surface area contributed by atoms with E-state index in [1.807, 2.05) is 6.92 Å². The van der Waals surface area contributed by atoms with Gasteiger partial charge in [0, 0.05) is 25.1 Å². The van der Waals surface area contributed by atoms with E-state index in [-0.39, 0.29) is 0 Å². The van der Waals surface area contributed by atoms with Crippen molar-refractivity contribution < 1.29 is 0 Å². The van der Waals surface area contributed by atoms with Crippen LogP contribution in [0.4, 0.5) is 0 Å². The van der Waals surface area contributed by atoms with Crippen molar-refractivity contribution in [1.82, 2.24) is 14.9 Å². The molecule has 2 heterocycles. The van der Waals surface area contributed by atoms with Crippen molar-refractivity contribution in [2.45, 2.75) is 24.9 Å². The fourth-order valence-electron chi connectivity index (χ4n) is 1.81. The predicted molar refractivity (Wildman–Crippen MR) is 58.6 cm³/mol. The second-order valence-corrected chi connectivity index (χ2v) is 4.49. The number of nitrogens with zero attached hydrogens (tertiary/aromatic N) is 3. The maximum atomic E-state index is 4.51. The van der Waals surface area contributed by atoms with Crippen molar-refractivity contribution in [3.63, 3.8) is 0 Å². The quantitative estimate of drug-likeness (QED) is 0.518. The summed E-state index contributed by atoms with van der Waals surface area (Å²) in [6, 6.07) is 0. The lowest BCUT2D eigenvalue weighted by Gasteiger charge is -2.25. The Morgan fingerprint density at radius 2 is 2.14 bits per heavy atom. The molecule has 0 aromatic carbocycles. The van der Waals surface area contributed by atoms with Gasteiger partial charge >= 0.3 is 0 Å². The van der Waals surface area contributed by atoms with E-state index in [0.717, 1.165) is 30.4 Å². The van der Waals surface area contributed by atoms with Crippen molar-refractivity contribution in [3.8, 4) is 0 Å². The standard InChI is InChI=1S/C10H15N3S/c1-7-11-9-4-5-13(2)6-8(9)10(12-7)14-3/h4-6H2,1-3H3. The van der Waals surface area contributed by atoms with E-state index in [2.05, 4.69) is 28.2 Å². The molecular weight excluding hydrogens is 194 g/mol. The number of hydrogen-bond donors (Lipinski definition) is 0. The molecule has 0 aliphatic carbocycles. The molecule has 0 saturated heterocycles. The average Bonchev–Trinajstić information content (AvgIpc) is 2.17. The number of thioether (sulfide) groups is 1. The maximum absolute atomic E-state index is 4.51. The molecule has 1 aliphatic rings. The molecule has 1 aliphatic heterocycles. The monoisotopic (exact) mass is 209 g/mol. The molecule has 4 heteroatoms. The second kappa shape index (κ2) is 3.87. The third kappa shape index (κ3) is 1.77. The molecule has 0 fully saturated rings. The van der Waals surface area contributed by atoms with Gasteiger partial charge in [-0.25, -0.2) is 9.97 Å². The first-order chi connectivity index (χ1) is 6.70. The van der Waals surface area contributed by atoms with Crippen LogP contribution < -0.4 is 0 Å². The molecule has 1 aromatic heterocycles. The van der Waals surface area contributed by atoms with E-state index >= 15 is 0 Å². The SMILES string of the molecule is CSc1nc(C)nc2c1CN(C)CC2. The normalized spacial score (nSPS) is 16.8. The Bertz CT molecular complexity index is 334. The van der Waals surface area contributed by atoms with Crippen LogP contribution in [-0.4, -0.2) is 34.7 Å². The number of likely N-dealkylation sites (N-methyl/N-ethyl adjacent to an activating group) is 1.